The molecule has 2 aromatic carbocycles. The molecular formula is C28H26N2O7S. The van der Waals surface area contributed by atoms with E-state index in [4.69, 9.17) is 18.9 Å². The molecule has 1 unspecified atom stereocenters. The highest BCUT2D eigenvalue weighted by Crippen LogP contribution is 2.36. The van der Waals surface area contributed by atoms with E-state index < -0.39 is 18.0 Å². The molecule has 10 heteroatoms. The summed E-state index contributed by atoms with van der Waals surface area (Å²) in [5.41, 5.74) is 1.66. The SMILES string of the molecule is C=CCOC(=O)C1=C(C)N=c2sc(=Cc3ccc(OC)cc3)c(=O)n2C1c1ccc(OC(C)=O)c(OC)c1. The number of allylic oxidation sites excluding steroid dienone is 1. The summed E-state index contributed by atoms with van der Waals surface area (Å²) >= 11 is 1.22. The van der Waals surface area contributed by atoms with Gasteiger partial charge in [0.15, 0.2) is 16.3 Å². The Morgan fingerprint density at radius 2 is 1.84 bits per heavy atom. The topological polar surface area (TPSA) is 105 Å². The number of carbonyl (C=O) groups is 2. The smallest absolute Gasteiger partial charge is 0.338 e. The number of aromatic nitrogens is 1. The Hall–Kier alpha value is -4.44. The molecule has 2 heterocycles. The molecule has 0 radical (unpaired) electrons. The van der Waals surface area contributed by atoms with Crippen molar-refractivity contribution in [2.45, 2.75) is 19.9 Å². The predicted molar refractivity (Wildman–Crippen MR) is 142 cm³/mol. The van der Waals surface area contributed by atoms with Gasteiger partial charge < -0.3 is 18.9 Å². The summed E-state index contributed by atoms with van der Waals surface area (Å²) in [6.07, 6.45) is 3.23. The second kappa shape index (κ2) is 11.3. The lowest BCUT2D eigenvalue weighted by atomic mass is 9.95. The highest BCUT2D eigenvalue weighted by atomic mass is 32.1. The fourth-order valence-corrected chi connectivity index (χ4v) is 5.10. The van der Waals surface area contributed by atoms with E-state index in [2.05, 4.69) is 11.6 Å². The molecule has 3 aromatic rings. The summed E-state index contributed by atoms with van der Waals surface area (Å²) in [7, 11) is 3.02. The number of thiazole rings is 1. The van der Waals surface area contributed by atoms with Gasteiger partial charge in [-0.15, -0.1) is 0 Å². The third-order valence-corrected chi connectivity index (χ3v) is 6.73. The van der Waals surface area contributed by atoms with Crippen molar-refractivity contribution in [2.24, 2.45) is 4.99 Å². The minimum Gasteiger partial charge on any atom is -0.497 e. The predicted octanol–water partition coefficient (Wildman–Crippen LogP) is 2.91. The largest absolute Gasteiger partial charge is 0.497 e. The quantitative estimate of drug-likeness (QED) is 0.249. The number of ether oxygens (including phenoxy) is 4. The van der Waals surface area contributed by atoms with Gasteiger partial charge in [0.1, 0.15) is 12.4 Å². The zero-order valence-corrected chi connectivity index (χ0v) is 22.2. The molecule has 4 rings (SSSR count). The van der Waals surface area contributed by atoms with Crippen molar-refractivity contribution in [1.82, 2.24) is 4.57 Å². The molecule has 0 fully saturated rings. The highest BCUT2D eigenvalue weighted by molar-refractivity contribution is 7.07. The van der Waals surface area contributed by atoms with E-state index >= 15 is 0 Å². The van der Waals surface area contributed by atoms with Crippen molar-refractivity contribution in [3.63, 3.8) is 0 Å². The fraction of sp³-hybridized carbons (Fsp3) is 0.214. The van der Waals surface area contributed by atoms with Crippen LogP contribution in [0.15, 0.2) is 76.2 Å². The Morgan fingerprint density at radius 3 is 2.47 bits per heavy atom. The molecule has 0 amide bonds. The van der Waals surface area contributed by atoms with Gasteiger partial charge in [-0.2, -0.15) is 0 Å². The summed E-state index contributed by atoms with van der Waals surface area (Å²) in [5, 5.41) is 0. The van der Waals surface area contributed by atoms with Gasteiger partial charge in [0.2, 0.25) is 0 Å². The molecule has 0 saturated carbocycles. The first kappa shape index (κ1) is 26.6. The molecular weight excluding hydrogens is 508 g/mol. The van der Waals surface area contributed by atoms with Crippen LogP contribution in [0.2, 0.25) is 0 Å². The maximum Gasteiger partial charge on any atom is 0.338 e. The minimum absolute atomic E-state index is 0.00106. The molecule has 0 spiro atoms. The number of rotatable bonds is 8. The summed E-state index contributed by atoms with van der Waals surface area (Å²) in [4.78, 5) is 43.5. The number of hydrogen-bond donors (Lipinski definition) is 0. The number of methoxy groups -OCH3 is 2. The van der Waals surface area contributed by atoms with E-state index in [-0.39, 0.29) is 29.2 Å². The summed E-state index contributed by atoms with van der Waals surface area (Å²) in [5.74, 6) is 0.0577. The van der Waals surface area contributed by atoms with Crippen LogP contribution in [0.1, 0.15) is 31.0 Å². The Morgan fingerprint density at radius 1 is 1.11 bits per heavy atom. The van der Waals surface area contributed by atoms with Gasteiger partial charge >= 0.3 is 11.9 Å². The number of fused-ring (bicyclic) bond motifs is 1. The lowest BCUT2D eigenvalue weighted by Crippen LogP contribution is -2.40. The van der Waals surface area contributed by atoms with Crippen molar-refractivity contribution in [3.05, 3.63) is 97.2 Å². The number of carbonyl (C=O) groups excluding carboxylic acids is 2. The first-order chi connectivity index (χ1) is 18.3. The third-order valence-electron chi connectivity index (χ3n) is 5.74. The third kappa shape index (κ3) is 5.30. The van der Waals surface area contributed by atoms with Gasteiger partial charge in [-0.1, -0.05) is 42.2 Å². The fourth-order valence-electron chi connectivity index (χ4n) is 4.06. The van der Waals surface area contributed by atoms with E-state index in [0.29, 0.717) is 26.3 Å². The molecule has 0 bridgehead atoms. The number of nitrogens with zero attached hydrogens (tertiary/aromatic N) is 2. The maximum atomic E-state index is 13.7. The van der Waals surface area contributed by atoms with Crippen LogP contribution >= 0.6 is 11.3 Å². The lowest BCUT2D eigenvalue weighted by Gasteiger charge is -2.25. The van der Waals surface area contributed by atoms with Crippen LogP contribution in [-0.4, -0.2) is 37.3 Å². The Labute approximate surface area is 222 Å². The van der Waals surface area contributed by atoms with Crippen LogP contribution in [0.25, 0.3) is 6.08 Å². The van der Waals surface area contributed by atoms with Crippen LogP contribution in [-0.2, 0) is 14.3 Å². The van der Waals surface area contributed by atoms with Gasteiger partial charge in [0, 0.05) is 6.92 Å². The van der Waals surface area contributed by atoms with Crippen molar-refractivity contribution >= 4 is 29.4 Å². The van der Waals surface area contributed by atoms with E-state index in [9.17, 15) is 14.4 Å². The van der Waals surface area contributed by atoms with Gasteiger partial charge in [-0.25, -0.2) is 9.79 Å². The van der Waals surface area contributed by atoms with Crippen LogP contribution in [0.4, 0.5) is 0 Å². The number of esters is 2. The van der Waals surface area contributed by atoms with Crippen LogP contribution < -0.4 is 29.1 Å². The van der Waals surface area contributed by atoms with E-state index in [1.807, 2.05) is 12.1 Å². The number of benzene rings is 2. The maximum absolute atomic E-state index is 13.7. The lowest BCUT2D eigenvalue weighted by molar-refractivity contribution is -0.138. The van der Waals surface area contributed by atoms with Crippen LogP contribution in [0.3, 0.4) is 0 Å². The zero-order valence-electron chi connectivity index (χ0n) is 21.3. The van der Waals surface area contributed by atoms with E-state index in [1.165, 1.54) is 36.0 Å². The zero-order chi connectivity index (χ0) is 27.4. The first-order valence-electron chi connectivity index (χ1n) is 11.6. The molecule has 0 N–H and O–H groups in total. The molecule has 38 heavy (non-hydrogen) atoms. The molecule has 1 aliphatic heterocycles. The standard InChI is InChI=1S/C28H26N2O7S/c1-6-13-36-27(33)24-16(2)29-28-30(25(24)19-9-12-21(37-17(3)31)22(15-19)35-5)26(32)23(38-28)14-18-7-10-20(34-4)11-8-18/h6-12,14-15,25H,1,13H2,2-5H3. The van der Waals surface area contributed by atoms with Gasteiger partial charge in [-0.05, 0) is 48.4 Å². The molecule has 196 valence electrons. The van der Waals surface area contributed by atoms with Crippen molar-refractivity contribution in [2.75, 3.05) is 20.8 Å². The number of hydrogen-bond acceptors (Lipinski definition) is 9. The van der Waals surface area contributed by atoms with Crippen molar-refractivity contribution in [1.29, 1.82) is 0 Å². The molecule has 9 nitrogen and oxygen atoms in total. The summed E-state index contributed by atoms with van der Waals surface area (Å²) < 4.78 is 23.1. The van der Waals surface area contributed by atoms with Crippen LogP contribution in [0.5, 0.6) is 17.2 Å². The minimum atomic E-state index is -0.859. The average molecular weight is 535 g/mol. The molecule has 0 saturated heterocycles. The van der Waals surface area contributed by atoms with Gasteiger partial charge in [-0.3, -0.25) is 14.2 Å². The average Bonchev–Trinajstić information content (AvgIpc) is 3.20. The molecule has 0 aliphatic carbocycles. The second-order valence-electron chi connectivity index (χ2n) is 8.25. The molecule has 1 aromatic heterocycles. The summed E-state index contributed by atoms with van der Waals surface area (Å²) in [6.45, 7) is 6.58. The van der Waals surface area contributed by atoms with Crippen molar-refractivity contribution in [3.8, 4) is 17.2 Å². The van der Waals surface area contributed by atoms with E-state index in [0.717, 1.165) is 5.56 Å². The van der Waals surface area contributed by atoms with Crippen LogP contribution in [0, 0.1) is 0 Å². The Kier molecular flexibility index (Phi) is 7.92. The van der Waals surface area contributed by atoms with Crippen molar-refractivity contribution < 1.29 is 28.5 Å². The Bertz CT molecular complexity index is 1610. The Balaban J connectivity index is 1.92. The summed E-state index contributed by atoms with van der Waals surface area (Å²) in [6, 6.07) is 11.3. The molecule has 1 atom stereocenters. The van der Waals surface area contributed by atoms with E-state index in [1.54, 1.807) is 50.4 Å². The van der Waals surface area contributed by atoms with Gasteiger partial charge in [0.25, 0.3) is 5.56 Å². The monoisotopic (exact) mass is 534 g/mol. The normalized spacial score (nSPS) is 14.8. The first-order valence-corrected chi connectivity index (χ1v) is 12.4. The van der Waals surface area contributed by atoms with Gasteiger partial charge in [0.05, 0.1) is 36.1 Å². The molecule has 1 aliphatic rings. The highest BCUT2D eigenvalue weighted by Gasteiger charge is 2.34. The second-order valence-corrected chi connectivity index (χ2v) is 9.26.